The molecule has 1 atom stereocenters. The van der Waals surface area contributed by atoms with Crippen molar-refractivity contribution in [2.24, 2.45) is 0 Å². The summed E-state index contributed by atoms with van der Waals surface area (Å²) in [6, 6.07) is 13.0. The lowest BCUT2D eigenvalue weighted by atomic mass is 9.89. The van der Waals surface area contributed by atoms with Gasteiger partial charge in [0.15, 0.2) is 5.78 Å². The molecule has 6 heteroatoms. The summed E-state index contributed by atoms with van der Waals surface area (Å²) in [4.78, 5) is 24.9. The zero-order valence-electron chi connectivity index (χ0n) is 12.8. The summed E-state index contributed by atoms with van der Waals surface area (Å²) < 4.78 is 0. The summed E-state index contributed by atoms with van der Waals surface area (Å²) in [5, 5.41) is 6.09. The maximum Gasteiger partial charge on any atom is 0.319 e. The summed E-state index contributed by atoms with van der Waals surface area (Å²) in [5.74, 6) is -0.179. The second-order valence-corrected chi connectivity index (χ2v) is 6.19. The van der Waals surface area contributed by atoms with Gasteiger partial charge in [0.1, 0.15) is 0 Å². The molecule has 1 aliphatic heterocycles. The fourth-order valence-corrected chi connectivity index (χ4v) is 3.13. The first-order chi connectivity index (χ1) is 11.5. The van der Waals surface area contributed by atoms with E-state index in [9.17, 15) is 9.59 Å². The molecule has 3 rings (SSSR count). The summed E-state index contributed by atoms with van der Waals surface area (Å²) in [5.41, 5.74) is 2.05. The molecule has 2 aromatic carbocycles. The second kappa shape index (κ2) is 6.67. The van der Waals surface area contributed by atoms with Crippen LogP contribution in [0, 0.1) is 0 Å². The van der Waals surface area contributed by atoms with E-state index in [1.54, 1.807) is 49.4 Å². The lowest BCUT2D eigenvalue weighted by molar-refractivity contribution is 0.102. The number of urea groups is 1. The van der Waals surface area contributed by atoms with Crippen LogP contribution in [0.1, 0.15) is 28.9 Å². The van der Waals surface area contributed by atoms with Crippen molar-refractivity contribution in [1.29, 1.82) is 0 Å². The van der Waals surface area contributed by atoms with Gasteiger partial charge in [-0.2, -0.15) is 0 Å². The van der Waals surface area contributed by atoms with E-state index < -0.39 is 12.1 Å². The molecule has 0 saturated heterocycles. The molecule has 4 nitrogen and oxygen atoms in total. The molecule has 1 aliphatic rings. The molecule has 2 amide bonds. The van der Waals surface area contributed by atoms with Crippen molar-refractivity contribution in [1.82, 2.24) is 10.6 Å². The molecule has 1 heterocycles. The Balaban J connectivity index is 2.13. The molecule has 122 valence electrons. The Kier molecular flexibility index (Phi) is 4.60. The standard InChI is InChI=1S/C18H14Cl2N2O2/c1-10-14(17(23)11-6-3-2-4-7-11)16(22-18(24)21-10)12-8-5-9-13(19)15(12)20/h2-9,16H,1H3,(H2,21,22,24)/t16-/m0/s1. The van der Waals surface area contributed by atoms with Gasteiger partial charge in [-0.3, -0.25) is 4.79 Å². The predicted octanol–water partition coefficient (Wildman–Crippen LogP) is 4.50. The fraction of sp³-hybridized carbons (Fsp3) is 0.111. The number of allylic oxidation sites excluding steroid dienone is 1. The van der Waals surface area contributed by atoms with Crippen LogP contribution in [0.4, 0.5) is 4.79 Å². The number of nitrogens with one attached hydrogen (secondary N) is 2. The van der Waals surface area contributed by atoms with Crippen LogP contribution in [0.15, 0.2) is 59.8 Å². The Labute approximate surface area is 149 Å². The third-order valence-electron chi connectivity index (χ3n) is 3.84. The number of carbonyl (C=O) groups excluding carboxylic acids is 2. The van der Waals surface area contributed by atoms with Crippen LogP contribution in [0.3, 0.4) is 0 Å². The highest BCUT2D eigenvalue weighted by Gasteiger charge is 2.33. The molecule has 0 bridgehead atoms. The third kappa shape index (κ3) is 3.03. The van der Waals surface area contributed by atoms with Crippen LogP contribution in [-0.4, -0.2) is 11.8 Å². The van der Waals surface area contributed by atoms with E-state index in [2.05, 4.69) is 10.6 Å². The molecule has 0 fully saturated rings. The Morgan fingerprint density at radius 3 is 2.46 bits per heavy atom. The Morgan fingerprint density at radius 1 is 1.04 bits per heavy atom. The van der Waals surface area contributed by atoms with Crippen LogP contribution in [0.25, 0.3) is 0 Å². The van der Waals surface area contributed by atoms with Crippen molar-refractivity contribution in [3.63, 3.8) is 0 Å². The number of carbonyl (C=O) groups is 2. The van der Waals surface area contributed by atoms with Crippen LogP contribution in [-0.2, 0) is 0 Å². The van der Waals surface area contributed by atoms with Gasteiger partial charge >= 0.3 is 6.03 Å². The molecule has 0 aromatic heterocycles. The zero-order chi connectivity index (χ0) is 17.3. The zero-order valence-corrected chi connectivity index (χ0v) is 14.3. The second-order valence-electron chi connectivity index (χ2n) is 5.41. The summed E-state index contributed by atoms with van der Waals surface area (Å²) >= 11 is 12.4. The van der Waals surface area contributed by atoms with E-state index in [4.69, 9.17) is 23.2 Å². The monoisotopic (exact) mass is 360 g/mol. The van der Waals surface area contributed by atoms with Crippen molar-refractivity contribution in [3.05, 3.63) is 81.0 Å². The normalized spacial score (nSPS) is 17.3. The van der Waals surface area contributed by atoms with Crippen LogP contribution < -0.4 is 10.6 Å². The lowest BCUT2D eigenvalue weighted by Gasteiger charge is -2.29. The minimum absolute atomic E-state index is 0.179. The maximum atomic E-state index is 13.0. The van der Waals surface area contributed by atoms with Gasteiger partial charge in [0.25, 0.3) is 0 Å². The van der Waals surface area contributed by atoms with E-state index >= 15 is 0 Å². The number of hydrogen-bond acceptors (Lipinski definition) is 2. The SMILES string of the molecule is CC1=C(C(=O)c2ccccc2)[C@H](c2cccc(Cl)c2Cl)NC(=O)N1. The molecule has 0 radical (unpaired) electrons. The smallest absolute Gasteiger partial charge is 0.319 e. The quantitative estimate of drug-likeness (QED) is 0.791. The molecule has 2 aromatic rings. The van der Waals surface area contributed by atoms with E-state index in [-0.39, 0.29) is 5.78 Å². The highest BCUT2D eigenvalue weighted by Crippen LogP contribution is 2.36. The van der Waals surface area contributed by atoms with Crippen molar-refractivity contribution in [2.45, 2.75) is 13.0 Å². The molecule has 2 N–H and O–H groups in total. The van der Waals surface area contributed by atoms with Crippen molar-refractivity contribution in [3.8, 4) is 0 Å². The number of Topliss-reactive ketones (excluding diaryl/α,β-unsaturated/α-hetero) is 1. The van der Waals surface area contributed by atoms with Crippen molar-refractivity contribution in [2.75, 3.05) is 0 Å². The first kappa shape index (κ1) is 16.6. The van der Waals surface area contributed by atoms with Crippen LogP contribution in [0.5, 0.6) is 0 Å². The average Bonchev–Trinajstić information content (AvgIpc) is 2.57. The third-order valence-corrected chi connectivity index (χ3v) is 4.68. The van der Waals surface area contributed by atoms with Gasteiger partial charge < -0.3 is 10.6 Å². The fourth-order valence-electron chi connectivity index (χ4n) is 2.72. The summed E-state index contributed by atoms with van der Waals surface area (Å²) in [6.45, 7) is 1.69. The van der Waals surface area contributed by atoms with E-state index in [1.807, 2.05) is 6.07 Å². The van der Waals surface area contributed by atoms with Crippen molar-refractivity contribution >= 4 is 35.0 Å². The Bertz CT molecular complexity index is 847. The minimum atomic E-state index is -0.669. The topological polar surface area (TPSA) is 58.2 Å². The van der Waals surface area contributed by atoms with Gasteiger partial charge in [-0.15, -0.1) is 0 Å². The first-order valence-corrected chi connectivity index (χ1v) is 8.06. The summed E-state index contributed by atoms with van der Waals surface area (Å²) in [7, 11) is 0. The lowest BCUT2D eigenvalue weighted by Crippen LogP contribution is -2.45. The van der Waals surface area contributed by atoms with Gasteiger partial charge in [0.2, 0.25) is 0 Å². The van der Waals surface area contributed by atoms with Gasteiger partial charge in [0, 0.05) is 16.8 Å². The first-order valence-electron chi connectivity index (χ1n) is 7.31. The number of benzene rings is 2. The number of hydrogen-bond donors (Lipinski definition) is 2. The Hall–Kier alpha value is -2.30. The predicted molar refractivity (Wildman–Crippen MR) is 94.3 cm³/mol. The van der Waals surface area contributed by atoms with Crippen LogP contribution >= 0.6 is 23.2 Å². The van der Waals surface area contributed by atoms with E-state index in [0.717, 1.165) is 0 Å². The number of ketones is 1. The largest absolute Gasteiger partial charge is 0.327 e. The minimum Gasteiger partial charge on any atom is -0.327 e. The number of amides is 2. The maximum absolute atomic E-state index is 13.0. The van der Waals surface area contributed by atoms with Gasteiger partial charge in [0.05, 0.1) is 16.1 Å². The van der Waals surface area contributed by atoms with Crippen molar-refractivity contribution < 1.29 is 9.59 Å². The number of halogens is 2. The summed E-state index contributed by atoms with van der Waals surface area (Å²) in [6.07, 6.45) is 0. The van der Waals surface area contributed by atoms with Gasteiger partial charge in [-0.05, 0) is 18.6 Å². The number of rotatable bonds is 3. The molecule has 0 aliphatic carbocycles. The van der Waals surface area contributed by atoms with E-state index in [1.165, 1.54) is 0 Å². The molecular formula is C18H14Cl2N2O2. The molecule has 0 saturated carbocycles. The van der Waals surface area contributed by atoms with Crippen LogP contribution in [0.2, 0.25) is 10.0 Å². The molecule has 24 heavy (non-hydrogen) atoms. The van der Waals surface area contributed by atoms with Gasteiger partial charge in [-0.25, -0.2) is 4.79 Å². The highest BCUT2D eigenvalue weighted by molar-refractivity contribution is 6.42. The molecule has 0 unspecified atom stereocenters. The Morgan fingerprint density at radius 2 is 1.75 bits per heavy atom. The molecule has 0 spiro atoms. The van der Waals surface area contributed by atoms with E-state index in [0.29, 0.717) is 32.4 Å². The highest BCUT2D eigenvalue weighted by atomic mass is 35.5. The van der Waals surface area contributed by atoms with Gasteiger partial charge in [-0.1, -0.05) is 65.7 Å². The average molecular weight is 361 g/mol. The molecular weight excluding hydrogens is 347 g/mol.